The highest BCUT2D eigenvalue weighted by molar-refractivity contribution is 7.26. The Hall–Kier alpha value is -4.82. The highest BCUT2D eigenvalue weighted by Crippen LogP contribution is 2.55. The summed E-state index contributed by atoms with van der Waals surface area (Å²) in [6.07, 6.45) is 23.6. The van der Waals surface area contributed by atoms with Gasteiger partial charge < -0.3 is 0 Å². The van der Waals surface area contributed by atoms with E-state index in [2.05, 4.69) is 147 Å². The Balaban J connectivity index is 1.02. The van der Waals surface area contributed by atoms with Crippen molar-refractivity contribution in [3.05, 3.63) is 141 Å². The Labute approximate surface area is 403 Å². The first-order valence-corrected chi connectivity index (χ1v) is 27.6. The molecule has 0 fully saturated rings. The molecule has 0 bridgehead atoms. The molecule has 4 aromatic carbocycles. The van der Waals surface area contributed by atoms with Gasteiger partial charge in [0.25, 0.3) is 0 Å². The topological polar surface area (TPSA) is 25.8 Å². The lowest BCUT2D eigenvalue weighted by molar-refractivity contribution is 0.397. The van der Waals surface area contributed by atoms with Crippen molar-refractivity contribution >= 4 is 65.8 Å². The number of thiazole rings is 2. The van der Waals surface area contributed by atoms with E-state index in [0.29, 0.717) is 0 Å². The maximum absolute atomic E-state index is 4.92. The maximum Gasteiger partial charge on any atom is 0.134 e. The molecule has 2 nitrogen and oxygen atoms in total. The van der Waals surface area contributed by atoms with Gasteiger partial charge in [0.05, 0.1) is 39.9 Å². The zero-order valence-corrected chi connectivity index (χ0v) is 41.4. The number of hydrogen-bond acceptors (Lipinski definition) is 6. The van der Waals surface area contributed by atoms with Gasteiger partial charge in [-0.05, 0) is 108 Å². The van der Waals surface area contributed by atoms with Crippen LogP contribution >= 0.6 is 45.3 Å². The lowest BCUT2D eigenvalue weighted by atomic mass is 9.70. The van der Waals surface area contributed by atoms with Crippen LogP contribution in [-0.4, -0.2) is 9.97 Å². The smallest absolute Gasteiger partial charge is 0.134 e. The minimum atomic E-state index is -0.0592. The molecule has 6 heteroatoms. The summed E-state index contributed by atoms with van der Waals surface area (Å²) in [4.78, 5) is 14.4. The zero-order chi connectivity index (χ0) is 44.3. The highest BCUT2D eigenvalue weighted by atomic mass is 32.1. The van der Waals surface area contributed by atoms with Gasteiger partial charge in [0, 0.05) is 16.5 Å². The third kappa shape index (κ3) is 10.9. The first-order valence-electron chi connectivity index (χ1n) is 24.4. The van der Waals surface area contributed by atoms with Crippen LogP contribution in [0.2, 0.25) is 0 Å². The predicted molar refractivity (Wildman–Crippen MR) is 285 cm³/mol. The van der Waals surface area contributed by atoms with E-state index in [9.17, 15) is 0 Å². The molecule has 4 aromatic heterocycles. The van der Waals surface area contributed by atoms with Crippen molar-refractivity contribution < 1.29 is 0 Å². The molecule has 330 valence electrons. The molecule has 0 atom stereocenters. The molecule has 1 aliphatic rings. The van der Waals surface area contributed by atoms with Crippen LogP contribution in [0.15, 0.2) is 109 Å². The molecule has 0 spiro atoms. The van der Waals surface area contributed by atoms with Gasteiger partial charge in [-0.25, -0.2) is 9.97 Å². The number of unbranched alkanes of at least 4 members (excludes halogenated alkanes) is 14. The monoisotopic (exact) mass is 924 g/mol. The second-order valence-electron chi connectivity index (χ2n) is 17.9. The second kappa shape index (κ2) is 22.1. The lowest BCUT2D eigenvalue weighted by Gasteiger charge is -2.33. The van der Waals surface area contributed by atoms with Crippen LogP contribution in [0.5, 0.6) is 0 Å². The number of hydrogen-bond donors (Lipinski definition) is 0. The summed E-state index contributed by atoms with van der Waals surface area (Å²) in [5, 5.41) is 2.14. The van der Waals surface area contributed by atoms with Crippen molar-refractivity contribution in [2.24, 2.45) is 0 Å². The lowest BCUT2D eigenvalue weighted by Crippen LogP contribution is -2.26. The molecule has 0 saturated carbocycles. The normalized spacial score (nSPS) is 12.5. The second-order valence-corrected chi connectivity index (χ2v) is 22.1. The molecule has 0 radical (unpaired) electrons. The first kappa shape index (κ1) is 45.3. The quantitative estimate of drug-likeness (QED) is 0.0562. The van der Waals surface area contributed by atoms with Crippen LogP contribution in [0.4, 0.5) is 0 Å². The van der Waals surface area contributed by atoms with Gasteiger partial charge in [0.1, 0.15) is 10.0 Å². The Morgan fingerprint density at radius 3 is 1.26 bits per heavy atom. The van der Waals surface area contributed by atoms with Crippen LogP contribution in [-0.2, 0) is 5.41 Å². The van der Waals surface area contributed by atoms with Crippen molar-refractivity contribution in [3.63, 3.8) is 0 Å². The molecular weight excluding hydrogens is 865 g/mol. The number of para-hydroxylation sites is 2. The molecule has 0 N–H and O–H groups in total. The number of benzene rings is 4. The number of rotatable bonds is 20. The minimum Gasteiger partial charge on any atom is -0.235 e. The van der Waals surface area contributed by atoms with Gasteiger partial charge in [0.15, 0.2) is 0 Å². The Kier molecular flexibility index (Phi) is 15.4. The summed E-state index contributed by atoms with van der Waals surface area (Å²) in [7, 11) is 0. The Morgan fingerprint density at radius 2 is 0.831 bits per heavy atom. The molecule has 4 heterocycles. The van der Waals surface area contributed by atoms with Crippen LogP contribution in [0.3, 0.4) is 0 Å². The van der Waals surface area contributed by atoms with Crippen molar-refractivity contribution in [2.45, 2.75) is 135 Å². The summed E-state index contributed by atoms with van der Waals surface area (Å²) in [5.74, 6) is 14.4. The minimum absolute atomic E-state index is 0.0592. The van der Waals surface area contributed by atoms with E-state index in [1.165, 1.54) is 157 Å². The fourth-order valence-corrected chi connectivity index (χ4v) is 13.5. The summed E-state index contributed by atoms with van der Waals surface area (Å²) in [5.41, 5.74) is 10.0. The standard InChI is InChI=1S/C59H60N2S4/c1-3-5-7-9-11-13-15-21-39-59(40-22-16-14-12-10-8-6-4-2)49-41-43(27-31-45-33-37-55(62-45)57-60-51-23-17-19-25-53(51)64-57)29-35-47(49)48-36-30-44(42-50(48)59)28-32-46-34-38-56(63-46)58-61-52-24-18-20-26-54(52)65-58/h17-20,23-26,29-30,33-38,41-42H,3-16,21-22,39-40H2,1-2H3. The van der Waals surface area contributed by atoms with E-state index in [1.807, 2.05) is 0 Å². The molecular formula is C59H60N2S4. The fraction of sp³-hybridized carbons (Fsp3) is 0.356. The molecule has 65 heavy (non-hydrogen) atoms. The number of nitrogens with zero attached hydrogens (tertiary/aromatic N) is 2. The zero-order valence-electron chi connectivity index (χ0n) is 38.1. The third-order valence-corrected chi connectivity index (χ3v) is 17.6. The molecule has 0 aliphatic heterocycles. The van der Waals surface area contributed by atoms with Crippen molar-refractivity contribution in [1.29, 1.82) is 0 Å². The van der Waals surface area contributed by atoms with E-state index in [-0.39, 0.29) is 5.41 Å². The van der Waals surface area contributed by atoms with Crippen LogP contribution in [0.1, 0.15) is 161 Å². The molecule has 0 unspecified atom stereocenters. The number of thiophene rings is 2. The van der Waals surface area contributed by atoms with E-state index < -0.39 is 0 Å². The fourth-order valence-electron chi connectivity index (χ4n) is 9.70. The summed E-state index contributed by atoms with van der Waals surface area (Å²) >= 11 is 7.00. The molecule has 0 amide bonds. The third-order valence-electron chi connectivity index (χ3n) is 13.2. The van der Waals surface area contributed by atoms with Gasteiger partial charge in [-0.1, -0.05) is 177 Å². The first-order chi connectivity index (χ1) is 32.1. The maximum atomic E-state index is 4.92. The van der Waals surface area contributed by atoms with Gasteiger partial charge in [-0.2, -0.15) is 0 Å². The van der Waals surface area contributed by atoms with Crippen molar-refractivity contribution in [3.8, 4) is 54.6 Å². The SMILES string of the molecule is CCCCCCCCCCC1(CCCCCCCCCC)c2cc(C#Cc3ccc(-c4nc5ccccc5s4)s3)ccc2-c2ccc(C#Cc3ccc(-c4nc5ccccc5s4)s3)cc21. The average molecular weight is 925 g/mol. The molecule has 8 aromatic rings. The molecule has 1 aliphatic carbocycles. The van der Waals surface area contributed by atoms with Gasteiger partial charge in [0.2, 0.25) is 0 Å². The summed E-state index contributed by atoms with van der Waals surface area (Å²) in [6, 6.07) is 39.7. The number of aromatic nitrogens is 2. The van der Waals surface area contributed by atoms with Crippen LogP contribution < -0.4 is 0 Å². The molecule has 0 saturated heterocycles. The summed E-state index contributed by atoms with van der Waals surface area (Å²) < 4.78 is 2.45. The van der Waals surface area contributed by atoms with Gasteiger partial charge in [-0.15, -0.1) is 45.3 Å². The van der Waals surface area contributed by atoms with Gasteiger partial charge in [-0.3, -0.25) is 0 Å². The predicted octanol–water partition coefficient (Wildman–Crippen LogP) is 18.5. The number of fused-ring (bicyclic) bond motifs is 5. The van der Waals surface area contributed by atoms with E-state index in [1.54, 1.807) is 45.3 Å². The average Bonchev–Trinajstić information content (AvgIpc) is 4.19. The largest absolute Gasteiger partial charge is 0.235 e. The highest BCUT2D eigenvalue weighted by Gasteiger charge is 2.42. The Morgan fingerprint density at radius 1 is 0.415 bits per heavy atom. The van der Waals surface area contributed by atoms with Crippen molar-refractivity contribution in [2.75, 3.05) is 0 Å². The van der Waals surface area contributed by atoms with Gasteiger partial charge >= 0.3 is 0 Å². The Bertz CT molecular complexity index is 2700. The molecule has 9 rings (SSSR count). The van der Waals surface area contributed by atoms with E-state index >= 15 is 0 Å². The van der Waals surface area contributed by atoms with Crippen molar-refractivity contribution in [1.82, 2.24) is 9.97 Å². The van der Waals surface area contributed by atoms with Crippen LogP contribution in [0, 0.1) is 23.7 Å². The van der Waals surface area contributed by atoms with Crippen LogP contribution in [0.25, 0.3) is 51.3 Å². The van der Waals surface area contributed by atoms with E-state index in [0.717, 1.165) is 41.9 Å². The summed E-state index contributed by atoms with van der Waals surface area (Å²) in [6.45, 7) is 4.62. The van der Waals surface area contributed by atoms with E-state index in [4.69, 9.17) is 9.97 Å².